The van der Waals surface area contributed by atoms with Gasteiger partial charge in [-0.1, -0.05) is 36.4 Å². The van der Waals surface area contributed by atoms with Crippen molar-refractivity contribution < 1.29 is 22.4 Å². The van der Waals surface area contributed by atoms with E-state index in [2.05, 4.69) is 10.3 Å². The van der Waals surface area contributed by atoms with Gasteiger partial charge in [0.15, 0.2) is 11.7 Å². The number of carbonyl (C=O) groups excluding carboxylic acids is 1. The van der Waals surface area contributed by atoms with Gasteiger partial charge in [-0.05, 0) is 18.2 Å². The fourth-order valence-electron chi connectivity index (χ4n) is 2.38. The van der Waals surface area contributed by atoms with Crippen LogP contribution in [-0.2, 0) is 17.4 Å². The molecule has 0 aliphatic carbocycles. The molecule has 4 nitrogen and oxygen atoms in total. The molecule has 3 aromatic rings. The Kier molecular flexibility index (Phi) is 5.06. The van der Waals surface area contributed by atoms with E-state index in [9.17, 15) is 18.0 Å². The molecule has 0 atom stereocenters. The summed E-state index contributed by atoms with van der Waals surface area (Å²) in [5.41, 5.74) is 0.164. The van der Waals surface area contributed by atoms with E-state index >= 15 is 0 Å². The summed E-state index contributed by atoms with van der Waals surface area (Å²) in [4.78, 5) is 16.1. The van der Waals surface area contributed by atoms with Crippen LogP contribution in [-0.4, -0.2) is 10.9 Å². The largest absolute Gasteiger partial charge is 0.441 e. The quantitative estimate of drug-likeness (QED) is 0.702. The van der Waals surface area contributed by atoms with Crippen LogP contribution >= 0.6 is 0 Å². The van der Waals surface area contributed by atoms with Crippen molar-refractivity contribution in [3.8, 4) is 11.3 Å². The summed E-state index contributed by atoms with van der Waals surface area (Å²) in [6, 6.07) is 13.9. The van der Waals surface area contributed by atoms with Gasteiger partial charge in [0, 0.05) is 24.1 Å². The number of hydrogen-bond donors (Lipinski definition) is 1. The number of alkyl halides is 3. The smallest absolute Gasteiger partial charge is 0.416 e. The molecule has 1 N–H and O–H groups in total. The molecule has 26 heavy (non-hydrogen) atoms. The molecule has 1 aromatic heterocycles. The van der Waals surface area contributed by atoms with Crippen molar-refractivity contribution >= 4 is 11.6 Å². The number of halogens is 3. The second-order valence-electron chi connectivity index (χ2n) is 5.61. The molecule has 0 saturated heterocycles. The van der Waals surface area contributed by atoms with Crippen molar-refractivity contribution in [2.75, 3.05) is 5.32 Å². The second-order valence-corrected chi connectivity index (χ2v) is 5.61. The summed E-state index contributed by atoms with van der Waals surface area (Å²) in [7, 11) is 0. The fraction of sp³-hybridized carbons (Fsp3) is 0.158. The summed E-state index contributed by atoms with van der Waals surface area (Å²) < 4.78 is 43.6. The maximum Gasteiger partial charge on any atom is 0.416 e. The first kappa shape index (κ1) is 17.7. The van der Waals surface area contributed by atoms with Gasteiger partial charge in [-0.2, -0.15) is 13.2 Å². The van der Waals surface area contributed by atoms with Crippen molar-refractivity contribution in [3.63, 3.8) is 0 Å². The first-order chi connectivity index (χ1) is 12.4. The molecule has 1 amide bonds. The number of oxazole rings is 1. The van der Waals surface area contributed by atoms with Gasteiger partial charge < -0.3 is 9.73 Å². The molecule has 0 saturated carbocycles. The van der Waals surface area contributed by atoms with Crippen LogP contribution in [0.15, 0.2) is 65.2 Å². The topological polar surface area (TPSA) is 55.1 Å². The number of carbonyl (C=O) groups is 1. The summed E-state index contributed by atoms with van der Waals surface area (Å²) in [6.07, 6.45) is -2.58. The molecular weight excluding hydrogens is 345 g/mol. The highest BCUT2D eigenvalue weighted by atomic mass is 19.4. The van der Waals surface area contributed by atoms with E-state index in [4.69, 9.17) is 4.42 Å². The Morgan fingerprint density at radius 1 is 1.08 bits per heavy atom. The molecule has 0 aliphatic rings. The third-order valence-corrected chi connectivity index (χ3v) is 3.65. The molecule has 2 aromatic carbocycles. The first-order valence-corrected chi connectivity index (χ1v) is 7.89. The van der Waals surface area contributed by atoms with Crippen LogP contribution in [0.1, 0.15) is 17.9 Å². The third-order valence-electron chi connectivity index (χ3n) is 3.65. The highest BCUT2D eigenvalue weighted by Crippen LogP contribution is 2.30. The minimum atomic E-state index is -4.45. The molecule has 0 radical (unpaired) electrons. The average Bonchev–Trinajstić information content (AvgIpc) is 3.09. The van der Waals surface area contributed by atoms with Gasteiger partial charge >= 0.3 is 6.18 Å². The van der Waals surface area contributed by atoms with E-state index in [1.807, 2.05) is 30.3 Å². The van der Waals surface area contributed by atoms with Gasteiger partial charge in [-0.3, -0.25) is 4.79 Å². The minimum Gasteiger partial charge on any atom is -0.441 e. The third kappa shape index (κ3) is 4.50. The Hall–Kier alpha value is -3.09. The number of nitrogens with zero attached hydrogens (tertiary/aromatic N) is 1. The summed E-state index contributed by atoms with van der Waals surface area (Å²) in [5, 5.41) is 2.45. The molecule has 3 rings (SSSR count). The Morgan fingerprint density at radius 2 is 1.85 bits per heavy atom. The Balaban J connectivity index is 1.57. The maximum atomic E-state index is 12.7. The van der Waals surface area contributed by atoms with E-state index in [0.717, 1.165) is 17.7 Å². The number of anilines is 1. The van der Waals surface area contributed by atoms with Gasteiger partial charge in [0.25, 0.3) is 0 Å². The zero-order chi connectivity index (χ0) is 18.6. The molecular formula is C19H15F3N2O2. The van der Waals surface area contributed by atoms with Crippen LogP contribution < -0.4 is 5.32 Å². The van der Waals surface area contributed by atoms with Crippen molar-refractivity contribution in [2.24, 2.45) is 0 Å². The summed E-state index contributed by atoms with van der Waals surface area (Å²) in [6.45, 7) is 0. The number of benzene rings is 2. The predicted molar refractivity (Wildman–Crippen MR) is 90.3 cm³/mol. The molecule has 0 aliphatic heterocycles. The van der Waals surface area contributed by atoms with Crippen molar-refractivity contribution in [1.82, 2.24) is 4.98 Å². The highest BCUT2D eigenvalue weighted by molar-refractivity contribution is 5.90. The average molecular weight is 360 g/mol. The standard InChI is InChI=1S/C19H15F3N2O2/c20-19(21,22)14-7-4-8-15(11-14)24-17(25)9-10-18-23-12-16(26-18)13-5-2-1-3-6-13/h1-8,11-12H,9-10H2,(H,24,25). The Labute approximate surface area is 147 Å². The first-order valence-electron chi connectivity index (χ1n) is 7.89. The number of hydrogen-bond acceptors (Lipinski definition) is 3. The molecule has 134 valence electrons. The molecule has 0 spiro atoms. The Morgan fingerprint density at radius 3 is 2.58 bits per heavy atom. The lowest BCUT2D eigenvalue weighted by Crippen LogP contribution is -2.13. The molecule has 1 heterocycles. The van der Waals surface area contributed by atoms with Crippen LogP contribution in [0.4, 0.5) is 18.9 Å². The fourth-order valence-corrected chi connectivity index (χ4v) is 2.38. The SMILES string of the molecule is O=C(CCc1ncc(-c2ccccc2)o1)Nc1cccc(C(F)(F)F)c1. The lowest BCUT2D eigenvalue weighted by molar-refractivity contribution is -0.137. The van der Waals surface area contributed by atoms with Gasteiger partial charge in [0.1, 0.15) is 0 Å². The van der Waals surface area contributed by atoms with E-state index in [1.54, 1.807) is 6.20 Å². The van der Waals surface area contributed by atoms with Crippen molar-refractivity contribution in [3.05, 3.63) is 72.2 Å². The van der Waals surface area contributed by atoms with E-state index in [-0.39, 0.29) is 18.5 Å². The van der Waals surface area contributed by atoms with E-state index in [1.165, 1.54) is 12.1 Å². The monoisotopic (exact) mass is 360 g/mol. The number of amides is 1. The number of aromatic nitrogens is 1. The Bertz CT molecular complexity index is 889. The van der Waals surface area contributed by atoms with Crippen molar-refractivity contribution in [2.45, 2.75) is 19.0 Å². The normalized spacial score (nSPS) is 11.3. The lowest BCUT2D eigenvalue weighted by Gasteiger charge is -2.09. The zero-order valence-corrected chi connectivity index (χ0v) is 13.6. The minimum absolute atomic E-state index is 0.0466. The van der Waals surface area contributed by atoms with Crippen LogP contribution in [0.5, 0.6) is 0 Å². The van der Waals surface area contributed by atoms with Crippen LogP contribution in [0.3, 0.4) is 0 Å². The summed E-state index contributed by atoms with van der Waals surface area (Å²) in [5.74, 6) is 0.575. The lowest BCUT2D eigenvalue weighted by atomic mass is 10.2. The van der Waals surface area contributed by atoms with Crippen LogP contribution in [0, 0.1) is 0 Å². The molecule has 7 heteroatoms. The zero-order valence-electron chi connectivity index (χ0n) is 13.6. The molecule has 0 fully saturated rings. The van der Waals surface area contributed by atoms with Gasteiger partial charge in [0.05, 0.1) is 11.8 Å². The van der Waals surface area contributed by atoms with Crippen molar-refractivity contribution in [1.29, 1.82) is 0 Å². The van der Waals surface area contributed by atoms with Crippen LogP contribution in [0.25, 0.3) is 11.3 Å². The summed E-state index contributed by atoms with van der Waals surface area (Å²) >= 11 is 0. The van der Waals surface area contributed by atoms with E-state index < -0.39 is 17.6 Å². The number of aryl methyl sites for hydroxylation is 1. The number of nitrogens with one attached hydrogen (secondary N) is 1. The van der Waals surface area contributed by atoms with Gasteiger partial charge in [-0.15, -0.1) is 0 Å². The van der Waals surface area contributed by atoms with Crippen LogP contribution in [0.2, 0.25) is 0 Å². The molecule has 0 bridgehead atoms. The molecule has 0 unspecified atom stereocenters. The maximum absolute atomic E-state index is 12.7. The van der Waals surface area contributed by atoms with Gasteiger partial charge in [0.2, 0.25) is 5.91 Å². The second kappa shape index (κ2) is 7.43. The van der Waals surface area contributed by atoms with E-state index in [0.29, 0.717) is 11.7 Å². The van der Waals surface area contributed by atoms with Gasteiger partial charge in [-0.25, -0.2) is 4.98 Å². The highest BCUT2D eigenvalue weighted by Gasteiger charge is 2.30. The predicted octanol–water partition coefficient (Wildman–Crippen LogP) is 4.93. The number of rotatable bonds is 5.